The van der Waals surface area contributed by atoms with Crippen LogP contribution in [0.15, 0.2) is 23.3 Å². The van der Waals surface area contributed by atoms with E-state index in [1.165, 1.54) is 6.07 Å². The van der Waals surface area contributed by atoms with Crippen molar-refractivity contribution >= 4 is 34.1 Å². The highest BCUT2D eigenvalue weighted by molar-refractivity contribution is 8.14. The summed E-state index contributed by atoms with van der Waals surface area (Å²) in [5, 5.41) is 15.2. The number of nitrogens with zero attached hydrogens (tertiary/aromatic N) is 3. The van der Waals surface area contributed by atoms with Crippen LogP contribution in [0.1, 0.15) is 25.3 Å². The van der Waals surface area contributed by atoms with E-state index >= 15 is 0 Å². The minimum absolute atomic E-state index is 0.0553. The van der Waals surface area contributed by atoms with Crippen molar-refractivity contribution in [1.82, 2.24) is 5.43 Å². The summed E-state index contributed by atoms with van der Waals surface area (Å²) in [4.78, 5) is 24.5. The molecule has 2 aliphatic heterocycles. The zero-order valence-electron chi connectivity index (χ0n) is 13.3. The Morgan fingerprint density at radius 3 is 2.75 bits per heavy atom. The number of nitrogens with two attached hydrogens (primary N) is 1. The van der Waals surface area contributed by atoms with Gasteiger partial charge in [-0.1, -0.05) is 17.8 Å². The number of thioether (sulfide) groups is 1. The maximum atomic E-state index is 11.5. The standard InChI is InChI=1S/C15H19N5O3S/c1-9-14(17-18-15(21)24-9)10-2-3-12(13(8-10)20(22)23)19-6-4-11(16)5-7-19/h2-3,8-9,11H,4-7,16H2,1H3,(H,18,21). The zero-order valence-corrected chi connectivity index (χ0v) is 14.1. The molecule has 1 fully saturated rings. The van der Waals surface area contributed by atoms with E-state index in [1.54, 1.807) is 6.07 Å². The topological polar surface area (TPSA) is 114 Å². The van der Waals surface area contributed by atoms with Crippen LogP contribution in [0.4, 0.5) is 16.2 Å². The number of hydrogen-bond acceptors (Lipinski definition) is 7. The molecular formula is C15H19N5O3S. The van der Waals surface area contributed by atoms with Crippen LogP contribution < -0.4 is 16.1 Å². The van der Waals surface area contributed by atoms with E-state index in [4.69, 9.17) is 5.73 Å². The molecule has 128 valence electrons. The van der Waals surface area contributed by atoms with E-state index in [0.29, 0.717) is 30.1 Å². The number of anilines is 1. The second-order valence-electron chi connectivity index (χ2n) is 5.94. The lowest BCUT2D eigenvalue weighted by Crippen LogP contribution is -2.40. The van der Waals surface area contributed by atoms with Gasteiger partial charge in [-0.25, -0.2) is 5.43 Å². The van der Waals surface area contributed by atoms with Crippen molar-refractivity contribution in [2.75, 3.05) is 18.0 Å². The van der Waals surface area contributed by atoms with Gasteiger partial charge in [0.1, 0.15) is 5.69 Å². The Hall–Kier alpha value is -2.13. The van der Waals surface area contributed by atoms with Gasteiger partial charge in [0, 0.05) is 30.8 Å². The molecule has 1 unspecified atom stereocenters. The second-order valence-corrected chi connectivity index (χ2v) is 7.26. The summed E-state index contributed by atoms with van der Waals surface area (Å²) in [6.45, 7) is 3.28. The third-order valence-electron chi connectivity index (χ3n) is 4.28. The number of carbonyl (C=O) groups excluding carboxylic acids is 1. The van der Waals surface area contributed by atoms with E-state index in [1.807, 2.05) is 17.9 Å². The molecule has 2 aliphatic rings. The average molecular weight is 349 g/mol. The molecule has 24 heavy (non-hydrogen) atoms. The highest BCUT2D eigenvalue weighted by Gasteiger charge is 2.27. The third kappa shape index (κ3) is 3.36. The fourth-order valence-electron chi connectivity index (χ4n) is 2.98. The zero-order chi connectivity index (χ0) is 17.3. The lowest BCUT2D eigenvalue weighted by Gasteiger charge is -2.31. The number of hydrazone groups is 1. The first kappa shape index (κ1) is 16.7. The molecule has 0 aromatic heterocycles. The summed E-state index contributed by atoms with van der Waals surface area (Å²) in [7, 11) is 0. The molecule has 1 aromatic carbocycles. The van der Waals surface area contributed by atoms with Crippen LogP contribution in [0.25, 0.3) is 0 Å². The Balaban J connectivity index is 1.93. The quantitative estimate of drug-likeness (QED) is 0.638. The van der Waals surface area contributed by atoms with Gasteiger partial charge in [-0.05, 0) is 25.8 Å². The molecule has 0 bridgehead atoms. The number of piperidine rings is 1. The molecule has 0 radical (unpaired) electrons. The van der Waals surface area contributed by atoms with Gasteiger partial charge in [-0.3, -0.25) is 14.9 Å². The fourth-order valence-corrected chi connectivity index (χ4v) is 3.70. The van der Waals surface area contributed by atoms with Gasteiger partial charge in [-0.15, -0.1) is 0 Å². The van der Waals surface area contributed by atoms with Gasteiger partial charge in [0.15, 0.2) is 0 Å². The van der Waals surface area contributed by atoms with Crippen molar-refractivity contribution in [3.05, 3.63) is 33.9 Å². The van der Waals surface area contributed by atoms with E-state index in [9.17, 15) is 14.9 Å². The van der Waals surface area contributed by atoms with Gasteiger partial charge >= 0.3 is 0 Å². The minimum atomic E-state index is -0.368. The largest absolute Gasteiger partial charge is 0.366 e. The summed E-state index contributed by atoms with van der Waals surface area (Å²) in [5.41, 5.74) is 10.3. The smallest absolute Gasteiger partial charge is 0.299 e. The number of benzene rings is 1. The molecular weight excluding hydrogens is 330 g/mol. The molecule has 1 aromatic rings. The minimum Gasteiger partial charge on any atom is -0.366 e. The number of hydrogen-bond donors (Lipinski definition) is 2. The second kappa shape index (κ2) is 6.78. The van der Waals surface area contributed by atoms with Crippen molar-refractivity contribution < 1.29 is 9.72 Å². The maximum Gasteiger partial charge on any atom is 0.299 e. The predicted molar refractivity (Wildman–Crippen MR) is 94.6 cm³/mol. The Morgan fingerprint density at radius 2 is 2.12 bits per heavy atom. The Bertz CT molecular complexity index is 700. The molecule has 9 heteroatoms. The lowest BCUT2D eigenvalue weighted by atomic mass is 10.0. The SMILES string of the molecule is CC1SC(=O)NN=C1c1ccc(N2CCC(N)CC2)c([N+](=O)[O-])c1. The van der Waals surface area contributed by atoms with Crippen LogP contribution >= 0.6 is 11.8 Å². The fraction of sp³-hybridized carbons (Fsp3) is 0.467. The van der Waals surface area contributed by atoms with Crippen molar-refractivity contribution in [2.45, 2.75) is 31.1 Å². The molecule has 0 spiro atoms. The molecule has 1 amide bonds. The molecule has 0 saturated carbocycles. The predicted octanol–water partition coefficient (Wildman–Crippen LogP) is 2.07. The number of amides is 1. The number of nitro benzene ring substituents is 1. The van der Waals surface area contributed by atoms with E-state index in [-0.39, 0.29) is 27.1 Å². The van der Waals surface area contributed by atoms with Crippen LogP contribution in [0, 0.1) is 10.1 Å². The molecule has 0 aliphatic carbocycles. The number of carbonyl (C=O) groups is 1. The van der Waals surface area contributed by atoms with Gasteiger partial charge in [0.2, 0.25) is 0 Å². The Labute approximate surface area is 143 Å². The molecule has 1 atom stereocenters. The van der Waals surface area contributed by atoms with Gasteiger partial charge in [0.05, 0.1) is 15.9 Å². The van der Waals surface area contributed by atoms with Crippen molar-refractivity contribution in [1.29, 1.82) is 0 Å². The van der Waals surface area contributed by atoms with Crippen molar-refractivity contribution in [3.8, 4) is 0 Å². The van der Waals surface area contributed by atoms with Crippen LogP contribution in [0.3, 0.4) is 0 Å². The van der Waals surface area contributed by atoms with Crippen molar-refractivity contribution in [3.63, 3.8) is 0 Å². The van der Waals surface area contributed by atoms with E-state index < -0.39 is 0 Å². The first-order chi connectivity index (χ1) is 11.5. The van der Waals surface area contributed by atoms with Crippen LogP contribution in [0.2, 0.25) is 0 Å². The van der Waals surface area contributed by atoms with Crippen LogP contribution in [-0.2, 0) is 0 Å². The van der Waals surface area contributed by atoms with Gasteiger partial charge in [0.25, 0.3) is 10.9 Å². The molecule has 3 rings (SSSR count). The van der Waals surface area contributed by atoms with Crippen molar-refractivity contribution in [2.24, 2.45) is 10.8 Å². The monoisotopic (exact) mass is 349 g/mol. The highest BCUT2D eigenvalue weighted by atomic mass is 32.2. The normalized spacial score (nSPS) is 22.1. The molecule has 2 heterocycles. The Kier molecular flexibility index (Phi) is 4.72. The highest BCUT2D eigenvalue weighted by Crippen LogP contribution is 2.32. The third-order valence-corrected chi connectivity index (χ3v) is 5.17. The van der Waals surface area contributed by atoms with Crippen LogP contribution in [-0.4, -0.2) is 40.3 Å². The molecule has 8 nitrogen and oxygen atoms in total. The summed E-state index contributed by atoms with van der Waals surface area (Å²) < 4.78 is 0. The number of nitro groups is 1. The van der Waals surface area contributed by atoms with E-state index in [0.717, 1.165) is 24.6 Å². The first-order valence-corrected chi connectivity index (χ1v) is 8.67. The Morgan fingerprint density at radius 1 is 1.42 bits per heavy atom. The summed E-state index contributed by atoms with van der Waals surface area (Å²) >= 11 is 1.12. The van der Waals surface area contributed by atoms with Gasteiger partial charge < -0.3 is 10.6 Å². The van der Waals surface area contributed by atoms with Gasteiger partial charge in [-0.2, -0.15) is 5.10 Å². The lowest BCUT2D eigenvalue weighted by molar-refractivity contribution is -0.384. The van der Waals surface area contributed by atoms with E-state index in [2.05, 4.69) is 10.5 Å². The molecule has 3 N–H and O–H groups in total. The number of rotatable bonds is 3. The summed E-state index contributed by atoms with van der Waals surface area (Å²) in [5.74, 6) is 0. The summed E-state index contributed by atoms with van der Waals surface area (Å²) in [6.07, 6.45) is 1.65. The number of nitrogens with one attached hydrogen (secondary N) is 1. The van der Waals surface area contributed by atoms with Crippen LogP contribution in [0.5, 0.6) is 0 Å². The average Bonchev–Trinajstić information content (AvgIpc) is 2.55. The maximum absolute atomic E-state index is 11.5. The summed E-state index contributed by atoms with van der Waals surface area (Å²) in [6, 6.07) is 5.29. The first-order valence-electron chi connectivity index (χ1n) is 7.79. The molecule has 1 saturated heterocycles.